The number of carbonyl (C=O) groups is 2. The van der Waals surface area contributed by atoms with Gasteiger partial charge in [0.05, 0.1) is 18.6 Å². The third kappa shape index (κ3) is 8.86. The lowest BCUT2D eigenvalue weighted by atomic mass is 9.88. The van der Waals surface area contributed by atoms with E-state index in [1.54, 1.807) is 40.7 Å². The maximum absolute atomic E-state index is 16.1. The Morgan fingerprint density at radius 1 is 0.961 bits per heavy atom. The van der Waals surface area contributed by atoms with E-state index < -0.39 is 64.6 Å². The van der Waals surface area contributed by atoms with E-state index in [0.29, 0.717) is 34.9 Å². The summed E-state index contributed by atoms with van der Waals surface area (Å²) in [4.78, 5) is 42.4. The average molecular weight is 720 g/mol. The number of aryl methyl sites for hydroxylation is 3. The number of aromatic nitrogens is 1. The van der Waals surface area contributed by atoms with Gasteiger partial charge in [-0.3, -0.25) is 14.4 Å². The number of carbonyl (C=O) groups excluding carboxylic acids is 2. The highest BCUT2D eigenvalue weighted by Crippen LogP contribution is 2.37. The Morgan fingerprint density at radius 2 is 1.61 bits per heavy atom. The number of likely N-dealkylation sites (tertiary alicyclic amines) is 1. The molecule has 1 fully saturated rings. The minimum atomic E-state index is -4.82. The average Bonchev–Trinajstić information content (AvgIpc) is 2.99. The number of hydrogen-bond acceptors (Lipinski definition) is 6. The van der Waals surface area contributed by atoms with E-state index in [9.17, 15) is 32.7 Å². The third-order valence-corrected chi connectivity index (χ3v) is 9.35. The molecule has 278 valence electrons. The lowest BCUT2D eigenvalue weighted by molar-refractivity contribution is -0.153. The Hall–Kier alpha value is -4.10. The van der Waals surface area contributed by atoms with E-state index in [0.717, 1.165) is 30.3 Å². The van der Waals surface area contributed by atoms with Crippen molar-refractivity contribution in [2.75, 3.05) is 26.2 Å². The van der Waals surface area contributed by atoms with E-state index in [4.69, 9.17) is 4.74 Å². The van der Waals surface area contributed by atoms with Gasteiger partial charge in [-0.25, -0.2) is 8.78 Å². The number of ether oxygens (including phenoxy) is 1. The quantitative estimate of drug-likeness (QED) is 0.115. The van der Waals surface area contributed by atoms with Crippen LogP contribution in [0.1, 0.15) is 85.0 Å². The molecular weight excluding hydrogens is 673 g/mol. The van der Waals surface area contributed by atoms with E-state index in [1.165, 1.54) is 26.0 Å². The molecule has 2 heterocycles. The van der Waals surface area contributed by atoms with Gasteiger partial charge in [-0.2, -0.15) is 13.2 Å². The topological polar surface area (TPSA) is 101 Å². The second-order valence-corrected chi connectivity index (χ2v) is 13.9. The smallest absolute Gasteiger partial charge is 0.416 e. The van der Waals surface area contributed by atoms with Crippen LogP contribution in [0.25, 0.3) is 11.1 Å². The van der Waals surface area contributed by atoms with Crippen LogP contribution in [-0.2, 0) is 32.6 Å². The van der Waals surface area contributed by atoms with Crippen molar-refractivity contribution in [1.82, 2.24) is 14.8 Å². The van der Waals surface area contributed by atoms with Crippen molar-refractivity contribution in [2.45, 2.75) is 92.1 Å². The molecule has 1 aliphatic rings. The molecular formula is C38H46F5N3O5. The second kappa shape index (κ2) is 15.6. The predicted molar refractivity (Wildman–Crippen MR) is 183 cm³/mol. The van der Waals surface area contributed by atoms with Crippen molar-refractivity contribution >= 4 is 11.9 Å². The van der Waals surface area contributed by atoms with Gasteiger partial charge in [-0.15, -0.1) is 0 Å². The number of pyridine rings is 1. The minimum Gasteiger partial charge on any atom is -0.466 e. The van der Waals surface area contributed by atoms with Crippen molar-refractivity contribution < 1.29 is 41.4 Å². The fraction of sp³-hybridized carbons (Fsp3) is 0.500. The van der Waals surface area contributed by atoms with Gasteiger partial charge in [0.25, 0.3) is 5.56 Å². The van der Waals surface area contributed by atoms with E-state index in [2.05, 4.69) is 5.32 Å². The number of rotatable bonds is 13. The summed E-state index contributed by atoms with van der Waals surface area (Å²) in [6, 6.07) is 3.31. The maximum atomic E-state index is 16.1. The Labute approximate surface area is 294 Å². The number of benzene rings is 2. The number of nitrogens with zero attached hydrogens (tertiary/aromatic N) is 2. The fourth-order valence-corrected chi connectivity index (χ4v) is 6.71. The largest absolute Gasteiger partial charge is 0.466 e. The summed E-state index contributed by atoms with van der Waals surface area (Å²) in [6.45, 7) is 13.0. The molecule has 0 saturated carbocycles. The highest BCUT2D eigenvalue weighted by atomic mass is 19.4. The summed E-state index contributed by atoms with van der Waals surface area (Å²) >= 11 is 0. The molecule has 0 spiro atoms. The van der Waals surface area contributed by atoms with Crippen LogP contribution in [0.15, 0.2) is 35.3 Å². The zero-order chi connectivity index (χ0) is 38.0. The molecule has 0 aliphatic carbocycles. The van der Waals surface area contributed by atoms with Crippen LogP contribution >= 0.6 is 0 Å². The Balaban J connectivity index is 1.86. The van der Waals surface area contributed by atoms with E-state index >= 15 is 8.78 Å². The van der Waals surface area contributed by atoms with Gasteiger partial charge in [0.15, 0.2) is 5.72 Å². The van der Waals surface area contributed by atoms with Crippen LogP contribution < -0.4 is 10.9 Å². The lowest BCUT2D eigenvalue weighted by Gasteiger charge is -2.33. The van der Waals surface area contributed by atoms with Gasteiger partial charge in [0, 0.05) is 24.4 Å². The molecule has 1 saturated heterocycles. The predicted octanol–water partition coefficient (Wildman–Crippen LogP) is 6.80. The first-order chi connectivity index (χ1) is 23.8. The fourth-order valence-electron chi connectivity index (χ4n) is 6.71. The van der Waals surface area contributed by atoms with Gasteiger partial charge in [0.2, 0.25) is 5.91 Å². The summed E-state index contributed by atoms with van der Waals surface area (Å²) in [5.41, 5.74) is -3.58. The van der Waals surface area contributed by atoms with Gasteiger partial charge in [-0.1, -0.05) is 19.9 Å². The molecule has 2 aromatic carbocycles. The monoisotopic (exact) mass is 719 g/mol. The highest BCUT2D eigenvalue weighted by Gasteiger charge is 2.41. The molecule has 1 aliphatic heterocycles. The molecule has 2 N–H and O–H groups in total. The molecule has 3 aromatic rings. The Morgan fingerprint density at radius 3 is 2.18 bits per heavy atom. The first-order valence-electron chi connectivity index (χ1n) is 17.1. The van der Waals surface area contributed by atoms with Crippen LogP contribution in [0.5, 0.6) is 0 Å². The zero-order valence-electron chi connectivity index (χ0n) is 30.1. The number of aliphatic hydroxyl groups is 1. The first kappa shape index (κ1) is 39.7. The lowest BCUT2D eigenvalue weighted by Crippen LogP contribution is -2.51. The summed E-state index contributed by atoms with van der Waals surface area (Å²) in [5.74, 6) is -3.74. The number of nitrogens with one attached hydrogen (secondary N) is 1. The van der Waals surface area contributed by atoms with E-state index in [-0.39, 0.29) is 42.1 Å². The van der Waals surface area contributed by atoms with Gasteiger partial charge in [0.1, 0.15) is 17.7 Å². The van der Waals surface area contributed by atoms with Crippen molar-refractivity contribution in [3.05, 3.63) is 91.4 Å². The number of amides is 1. The van der Waals surface area contributed by atoms with Gasteiger partial charge >= 0.3 is 12.1 Å². The first-order valence-corrected chi connectivity index (χ1v) is 17.1. The minimum absolute atomic E-state index is 0.0170. The number of halogens is 5. The molecule has 1 unspecified atom stereocenters. The Bertz CT molecular complexity index is 1850. The van der Waals surface area contributed by atoms with Gasteiger partial charge in [-0.05, 0) is 124 Å². The van der Waals surface area contributed by atoms with Crippen LogP contribution in [0.3, 0.4) is 0 Å². The van der Waals surface area contributed by atoms with Crippen molar-refractivity contribution in [1.29, 1.82) is 0 Å². The molecule has 1 amide bonds. The molecule has 51 heavy (non-hydrogen) atoms. The van der Waals surface area contributed by atoms with Crippen molar-refractivity contribution in [2.24, 2.45) is 5.92 Å². The van der Waals surface area contributed by atoms with Crippen molar-refractivity contribution in [3.63, 3.8) is 0 Å². The number of esters is 1. The second-order valence-electron chi connectivity index (χ2n) is 13.9. The summed E-state index contributed by atoms with van der Waals surface area (Å²) < 4.78 is 79.4. The normalized spacial score (nSPS) is 15.3. The van der Waals surface area contributed by atoms with Crippen molar-refractivity contribution in [3.8, 4) is 11.1 Å². The Kier molecular flexibility index (Phi) is 12.2. The molecule has 0 radical (unpaired) electrons. The number of hydrogen-bond donors (Lipinski definition) is 2. The summed E-state index contributed by atoms with van der Waals surface area (Å²) in [5, 5.41) is 14.5. The van der Waals surface area contributed by atoms with Crippen LogP contribution in [0.4, 0.5) is 22.0 Å². The number of alkyl halides is 3. The molecule has 4 rings (SSSR count). The zero-order valence-corrected chi connectivity index (χ0v) is 30.1. The van der Waals surface area contributed by atoms with Gasteiger partial charge < -0.3 is 24.6 Å². The highest BCUT2D eigenvalue weighted by molar-refractivity contribution is 5.83. The summed E-state index contributed by atoms with van der Waals surface area (Å²) in [7, 11) is 0. The summed E-state index contributed by atoms with van der Waals surface area (Å²) in [6.07, 6.45) is -3.90. The SMILES string of the molecule is CCOC(=O)C[C@](O)(NC(=O)C(CC(C)C)n1cc(CCN2CCC2)c(C(F)(F)F)cc1=O)c1cc(-c2c(C)cc(C)c(F)c2C)cc(C)c1F. The van der Waals surface area contributed by atoms with Crippen LogP contribution in [-0.4, -0.2) is 52.7 Å². The standard InChI is InChI=1S/C38H46F5N3O5/c1-8-51-32(48)19-37(50,29-17-27(16-24(6)35(29)40)33-22(4)15-23(5)34(39)25(33)7)44-36(49)30(14-21(2)3)46-20-26(10-13-45-11-9-12-45)28(18-31(46)47)38(41,42)43/h15-18,20-21,30,50H,8-14,19H2,1-7H3,(H,44,49)/t30?,37-/m1/s1. The molecule has 0 bridgehead atoms. The molecule has 8 nitrogen and oxygen atoms in total. The van der Waals surface area contributed by atoms with E-state index in [1.807, 2.05) is 4.90 Å². The molecule has 2 atom stereocenters. The third-order valence-electron chi connectivity index (χ3n) is 9.35. The van der Waals surface area contributed by atoms with Crippen LogP contribution in [0.2, 0.25) is 0 Å². The molecule has 1 aromatic heterocycles. The molecule has 13 heteroatoms. The van der Waals surface area contributed by atoms with Crippen LogP contribution in [0, 0.1) is 45.2 Å². The maximum Gasteiger partial charge on any atom is 0.416 e.